The second-order valence-corrected chi connectivity index (χ2v) is 37.9. The summed E-state index contributed by atoms with van der Waals surface area (Å²) in [4.78, 5) is 46.7. The Bertz CT molecular complexity index is 10200. The fourth-order valence-electron chi connectivity index (χ4n) is 22.5. The van der Waals surface area contributed by atoms with E-state index in [4.69, 9.17) is 44.9 Å². The lowest BCUT2D eigenvalue weighted by atomic mass is 9.82. The van der Waals surface area contributed by atoms with Crippen LogP contribution in [0.1, 0.15) is 25.0 Å². The monoisotopic (exact) mass is 1880 g/mol. The predicted octanol–water partition coefficient (Wildman–Crippen LogP) is 32.2. The van der Waals surface area contributed by atoms with Crippen LogP contribution in [0.5, 0.6) is 0 Å². The number of hydrogen-bond acceptors (Lipinski definition) is 9. The van der Waals surface area contributed by atoms with Crippen molar-refractivity contribution in [3.05, 3.63) is 503 Å². The number of rotatable bonds is 13. The zero-order chi connectivity index (χ0) is 97.3. The molecule has 0 saturated carbocycles. The van der Waals surface area contributed by atoms with E-state index in [1.54, 1.807) is 0 Å². The van der Waals surface area contributed by atoms with Crippen molar-refractivity contribution in [1.82, 2.24) is 72.3 Å². The van der Waals surface area contributed by atoms with Gasteiger partial charge in [0.2, 0.25) is 17.8 Å². The lowest BCUT2D eigenvalue weighted by Gasteiger charge is -2.21. The summed E-state index contributed by atoms with van der Waals surface area (Å²) in [5.74, 6) is 5.57. The Labute approximate surface area is 844 Å². The van der Waals surface area contributed by atoms with Crippen molar-refractivity contribution in [2.45, 2.75) is 19.3 Å². The Balaban J connectivity index is 0.000000107. The molecule has 9 aromatic heterocycles. The van der Waals surface area contributed by atoms with Gasteiger partial charge in [0.15, 0.2) is 34.9 Å². The van der Waals surface area contributed by atoms with Crippen LogP contribution in [0.4, 0.5) is 0 Å². The first kappa shape index (κ1) is 85.2. The molecule has 0 spiro atoms. The molecular weight excluding hydrogens is 1800 g/mol. The molecule has 15 heteroatoms. The minimum atomic E-state index is -0.147. The largest absolute Gasteiger partial charge is 0.309 e. The van der Waals surface area contributed by atoms with Crippen LogP contribution in [0, 0.1) is 0 Å². The van der Waals surface area contributed by atoms with Crippen LogP contribution in [-0.2, 0) is 5.41 Å². The summed E-state index contributed by atoms with van der Waals surface area (Å²) in [5, 5.41) is 14.0. The van der Waals surface area contributed by atoms with Gasteiger partial charge in [-0.2, -0.15) is 29.9 Å². The SMILES string of the molecule is CC1(C)c2ccccc2-c2ccc(-c3nc(-c4ccccc4)nc(-n4c5ccccc5c5ccc6c(c7ccccc7n6-c6ccccc6)c54)n3)cc21.c1ccc(-c2ccc(-c3nc(-c4ccccc4)nc(-n4c5ccccc5c5ccc6c(c7ccccc7n6-c6ccccc6)c54)n3)cc2)cc1.c1ccc(-c2nc(-c3ccccc3)nc(-n3c4ccccc4c4ccc5c(c6ccccc6n5-c5ccccc5)c43)n2)cc1. The van der Waals surface area contributed by atoms with Gasteiger partial charge in [-0.25, -0.2) is 15.0 Å². The van der Waals surface area contributed by atoms with Gasteiger partial charge < -0.3 is 13.7 Å². The van der Waals surface area contributed by atoms with Gasteiger partial charge in [0.25, 0.3) is 0 Å². The Morgan fingerprint density at radius 2 is 0.388 bits per heavy atom. The Morgan fingerprint density at radius 3 is 0.714 bits per heavy atom. The first-order chi connectivity index (χ1) is 72.7. The van der Waals surface area contributed by atoms with Gasteiger partial charge in [-0.3, -0.25) is 13.7 Å². The van der Waals surface area contributed by atoms with Crippen LogP contribution >= 0.6 is 0 Å². The third kappa shape index (κ3) is 14.1. The molecule has 1 aliphatic carbocycles. The van der Waals surface area contributed by atoms with Gasteiger partial charge in [0, 0.05) is 120 Å². The molecule has 1 aliphatic rings. The quantitative estimate of drug-likeness (QED) is 0.110. The highest BCUT2D eigenvalue weighted by molar-refractivity contribution is 6.29. The van der Waals surface area contributed by atoms with E-state index in [1.165, 1.54) is 54.7 Å². The summed E-state index contributed by atoms with van der Waals surface area (Å²) in [5.41, 5.74) is 29.6. The number of fused-ring (bicyclic) bond motifs is 24. The minimum Gasteiger partial charge on any atom is -0.309 e. The topological polar surface area (TPSA) is 146 Å². The molecule has 9 heterocycles. The first-order valence-corrected chi connectivity index (χ1v) is 49.7. The summed E-state index contributed by atoms with van der Waals surface area (Å²) in [7, 11) is 0. The summed E-state index contributed by atoms with van der Waals surface area (Å²) < 4.78 is 13.8. The summed E-state index contributed by atoms with van der Waals surface area (Å²) >= 11 is 0. The number of hydrogen-bond donors (Lipinski definition) is 0. The maximum absolute atomic E-state index is 5.38. The molecule has 0 atom stereocenters. The number of para-hydroxylation sites is 9. The molecule has 0 radical (unpaired) electrons. The fourth-order valence-corrected chi connectivity index (χ4v) is 22.5. The highest BCUT2D eigenvalue weighted by Crippen LogP contribution is 2.52. The summed E-state index contributed by atoms with van der Waals surface area (Å²) in [6.45, 7) is 4.62. The van der Waals surface area contributed by atoms with E-state index in [-0.39, 0.29) is 5.41 Å². The molecular formula is C132H87N15. The summed E-state index contributed by atoms with van der Waals surface area (Å²) in [6, 6.07) is 172. The highest BCUT2D eigenvalue weighted by atomic mass is 15.2. The van der Waals surface area contributed by atoms with Crippen LogP contribution in [0.2, 0.25) is 0 Å². The van der Waals surface area contributed by atoms with Crippen LogP contribution < -0.4 is 0 Å². The van der Waals surface area contributed by atoms with E-state index < -0.39 is 0 Å². The van der Waals surface area contributed by atoms with Gasteiger partial charge in [-0.1, -0.05) is 408 Å². The zero-order valence-electron chi connectivity index (χ0n) is 80.0. The summed E-state index contributed by atoms with van der Waals surface area (Å²) in [6.07, 6.45) is 0. The minimum absolute atomic E-state index is 0.147. The molecule has 0 fully saturated rings. The molecule has 0 saturated heterocycles. The van der Waals surface area contributed by atoms with E-state index in [0.717, 1.165) is 160 Å². The van der Waals surface area contributed by atoms with Crippen LogP contribution in [-0.4, -0.2) is 72.3 Å². The molecule has 29 aromatic rings. The molecule has 0 unspecified atom stereocenters. The molecule has 690 valence electrons. The highest BCUT2D eigenvalue weighted by Gasteiger charge is 2.37. The van der Waals surface area contributed by atoms with E-state index >= 15 is 0 Å². The normalized spacial score (nSPS) is 12.2. The second-order valence-electron chi connectivity index (χ2n) is 37.9. The third-order valence-electron chi connectivity index (χ3n) is 29.1. The van der Waals surface area contributed by atoms with E-state index in [0.29, 0.717) is 52.8 Å². The third-order valence-corrected chi connectivity index (χ3v) is 29.1. The maximum Gasteiger partial charge on any atom is 0.238 e. The molecule has 0 amide bonds. The molecule has 0 N–H and O–H groups in total. The van der Waals surface area contributed by atoms with Crippen molar-refractivity contribution in [1.29, 1.82) is 0 Å². The van der Waals surface area contributed by atoms with Crippen LogP contribution in [0.25, 0.3) is 256 Å². The molecule has 0 aliphatic heterocycles. The first-order valence-electron chi connectivity index (χ1n) is 49.7. The second kappa shape index (κ2) is 34.9. The van der Waals surface area contributed by atoms with Gasteiger partial charge in [-0.05, 0) is 130 Å². The van der Waals surface area contributed by atoms with Crippen molar-refractivity contribution in [3.8, 4) is 125 Å². The number of aromatic nitrogens is 15. The van der Waals surface area contributed by atoms with E-state index in [2.05, 4.69) is 429 Å². The maximum atomic E-state index is 5.38. The molecule has 0 bridgehead atoms. The van der Waals surface area contributed by atoms with Gasteiger partial charge in [0.05, 0.1) is 66.2 Å². The van der Waals surface area contributed by atoms with Crippen molar-refractivity contribution in [3.63, 3.8) is 0 Å². The van der Waals surface area contributed by atoms with Gasteiger partial charge in [-0.15, -0.1) is 0 Å². The Morgan fingerprint density at radius 1 is 0.156 bits per heavy atom. The number of nitrogens with zero attached hydrogens (tertiary/aromatic N) is 15. The van der Waals surface area contributed by atoms with Crippen molar-refractivity contribution >= 4 is 131 Å². The standard InChI is InChI=1S/C48H33N5.C45H29N5.C39H25N5/c1-48(2)38-22-12-9-19-33(38)34-26-25-31(29-39(34)48)46-49-45(30-15-5-3-6-16-30)50-47(51-46)53-40-23-13-10-20-35(40)36-27-28-42-43(44(36)53)37-21-11-14-24-41(37)52(42)32-17-7-4-8-18-32;1-4-14-30(15-5-1)31-24-26-33(27-25-31)44-46-43(32-16-6-2-7-17-32)47-45(48-44)50-38-22-12-10-20-35(38)36-28-29-40-41(42(36)50)37-21-11-13-23-39(37)49(40)34-18-8-3-9-19-34;1-4-14-26(15-5-1)37-40-38(27-16-6-2-7-17-27)42-39(41-37)44-32-22-12-10-20-29(32)30-24-25-34-35(36(30)44)31-21-11-13-23-33(31)43(34)28-18-8-3-9-19-28/h3-29H,1-2H3;1-29H;1-25H. The molecule has 147 heavy (non-hydrogen) atoms. The van der Waals surface area contributed by atoms with Crippen LogP contribution in [0.15, 0.2) is 491 Å². The van der Waals surface area contributed by atoms with E-state index in [9.17, 15) is 0 Å². The molecule has 20 aromatic carbocycles. The Kier molecular flexibility index (Phi) is 20.2. The lowest BCUT2D eigenvalue weighted by molar-refractivity contribution is 0.660. The average molecular weight is 1880 g/mol. The van der Waals surface area contributed by atoms with Crippen molar-refractivity contribution in [2.24, 2.45) is 0 Å². The average Bonchev–Trinajstić information content (AvgIpc) is 1.55. The number of benzene rings is 20. The smallest absolute Gasteiger partial charge is 0.238 e. The van der Waals surface area contributed by atoms with Gasteiger partial charge in [0.1, 0.15) is 0 Å². The van der Waals surface area contributed by atoms with Crippen molar-refractivity contribution < 1.29 is 0 Å². The van der Waals surface area contributed by atoms with Gasteiger partial charge >= 0.3 is 0 Å². The molecule has 15 nitrogen and oxygen atoms in total. The predicted molar refractivity (Wildman–Crippen MR) is 601 cm³/mol. The Hall–Kier alpha value is -19.8. The zero-order valence-corrected chi connectivity index (χ0v) is 80.0. The van der Waals surface area contributed by atoms with Crippen molar-refractivity contribution in [2.75, 3.05) is 0 Å². The van der Waals surface area contributed by atoms with E-state index in [1.807, 2.05) is 103 Å². The fraction of sp³-hybridized carbons (Fsp3) is 0.0227. The molecule has 30 rings (SSSR count). The lowest BCUT2D eigenvalue weighted by Crippen LogP contribution is -2.15. The van der Waals surface area contributed by atoms with Crippen LogP contribution in [0.3, 0.4) is 0 Å².